The van der Waals surface area contributed by atoms with E-state index in [0.29, 0.717) is 41.0 Å². The first-order valence-corrected chi connectivity index (χ1v) is 14.8. The summed E-state index contributed by atoms with van der Waals surface area (Å²) >= 11 is 0. The highest BCUT2D eigenvalue weighted by molar-refractivity contribution is 6.07. The zero-order valence-corrected chi connectivity index (χ0v) is 25.4. The molecule has 2 amide bonds. The molecule has 0 radical (unpaired) electrons. The summed E-state index contributed by atoms with van der Waals surface area (Å²) < 4.78 is 17.5. The summed E-state index contributed by atoms with van der Waals surface area (Å²) in [4.78, 5) is 48.4. The standard InChI is InChI=1S/C32H35N7O6/c1-4-6-17-44-32(42)36-30-23-19-22(11-13-26(23)45-37-30)34-20-28-35-24-18-21(10-12-25(24)38(28)3)31(41)39(16-14-29(40)43-5-2)27-9-7-8-15-33-27/h7-13,15,18-19,34H,4-6,14,16-17,20H2,1-3H3,(H,36,37,42). The van der Waals surface area contributed by atoms with Crippen LogP contribution in [-0.4, -0.2) is 57.4 Å². The van der Waals surface area contributed by atoms with Gasteiger partial charge in [-0.2, -0.15) is 0 Å². The van der Waals surface area contributed by atoms with E-state index in [9.17, 15) is 14.4 Å². The molecule has 3 heterocycles. The SMILES string of the molecule is CCCCOC(=O)Nc1noc2ccc(NCc3nc4cc(C(=O)N(CCC(=O)OCC)c5ccccn5)ccc4n3C)cc12. The van der Waals surface area contributed by atoms with Crippen LogP contribution in [0.5, 0.6) is 0 Å². The van der Waals surface area contributed by atoms with Crippen LogP contribution in [0, 0.1) is 0 Å². The molecule has 5 rings (SSSR count). The summed E-state index contributed by atoms with van der Waals surface area (Å²) in [5.74, 6) is 0.767. The average Bonchev–Trinajstić information content (AvgIpc) is 3.59. The van der Waals surface area contributed by atoms with Crippen molar-refractivity contribution in [2.75, 3.05) is 35.3 Å². The van der Waals surface area contributed by atoms with Gasteiger partial charge in [0.2, 0.25) is 0 Å². The van der Waals surface area contributed by atoms with Crippen LogP contribution in [0.25, 0.3) is 22.0 Å². The molecule has 0 aliphatic heterocycles. The number of anilines is 3. The number of ether oxygens (including phenoxy) is 2. The third-order valence-electron chi connectivity index (χ3n) is 7.11. The lowest BCUT2D eigenvalue weighted by atomic mass is 10.1. The largest absolute Gasteiger partial charge is 0.466 e. The van der Waals surface area contributed by atoms with E-state index >= 15 is 0 Å². The number of aryl methyl sites for hydroxylation is 1. The molecule has 0 saturated heterocycles. The van der Waals surface area contributed by atoms with Crippen molar-refractivity contribution >= 4 is 57.3 Å². The quantitative estimate of drug-likeness (QED) is 0.125. The number of amides is 2. The van der Waals surface area contributed by atoms with Crippen LogP contribution in [0.15, 0.2) is 65.3 Å². The van der Waals surface area contributed by atoms with E-state index in [-0.39, 0.29) is 37.3 Å². The summed E-state index contributed by atoms with van der Waals surface area (Å²) in [6.45, 7) is 4.86. The van der Waals surface area contributed by atoms with Crippen LogP contribution in [0.3, 0.4) is 0 Å². The van der Waals surface area contributed by atoms with Crippen LogP contribution in [0.1, 0.15) is 49.3 Å². The van der Waals surface area contributed by atoms with Gasteiger partial charge in [0.15, 0.2) is 11.4 Å². The molecule has 0 atom stereocenters. The zero-order chi connectivity index (χ0) is 31.8. The number of carbonyl (C=O) groups is 3. The van der Waals surface area contributed by atoms with E-state index in [4.69, 9.17) is 19.0 Å². The maximum atomic E-state index is 13.6. The fourth-order valence-corrected chi connectivity index (χ4v) is 4.73. The van der Waals surface area contributed by atoms with Crippen molar-refractivity contribution in [3.63, 3.8) is 0 Å². The molecule has 0 aliphatic carbocycles. The number of carbonyl (C=O) groups excluding carboxylic acids is 3. The monoisotopic (exact) mass is 613 g/mol. The summed E-state index contributed by atoms with van der Waals surface area (Å²) in [6.07, 6.45) is 2.75. The zero-order valence-electron chi connectivity index (χ0n) is 25.4. The maximum absolute atomic E-state index is 13.6. The van der Waals surface area contributed by atoms with Crippen molar-refractivity contribution in [1.29, 1.82) is 0 Å². The first-order chi connectivity index (χ1) is 21.9. The molecule has 5 aromatic rings. The van der Waals surface area contributed by atoms with E-state index in [2.05, 4.69) is 20.8 Å². The Balaban J connectivity index is 1.31. The Labute approximate surface area is 259 Å². The van der Waals surface area contributed by atoms with Crippen LogP contribution in [0.4, 0.5) is 22.1 Å². The van der Waals surface area contributed by atoms with E-state index in [1.54, 1.807) is 49.5 Å². The number of aromatic nitrogens is 4. The molecule has 0 saturated carbocycles. The van der Waals surface area contributed by atoms with Gasteiger partial charge in [0, 0.05) is 31.0 Å². The molecule has 0 spiro atoms. The first-order valence-electron chi connectivity index (χ1n) is 14.8. The molecule has 0 unspecified atom stereocenters. The van der Waals surface area contributed by atoms with Crippen molar-refractivity contribution in [3.8, 4) is 0 Å². The Bertz CT molecular complexity index is 1800. The van der Waals surface area contributed by atoms with E-state index in [1.165, 1.54) is 4.90 Å². The highest BCUT2D eigenvalue weighted by atomic mass is 16.5. The summed E-state index contributed by atoms with van der Waals surface area (Å²) in [6, 6.07) is 16.0. The third kappa shape index (κ3) is 7.37. The second-order valence-electron chi connectivity index (χ2n) is 10.2. The Hall–Kier alpha value is -5.46. The number of hydrogen-bond donors (Lipinski definition) is 2. The van der Waals surface area contributed by atoms with Crippen molar-refractivity contribution in [2.45, 2.75) is 39.7 Å². The van der Waals surface area contributed by atoms with Gasteiger partial charge in [-0.25, -0.2) is 14.8 Å². The van der Waals surface area contributed by atoms with Crippen LogP contribution in [-0.2, 0) is 27.9 Å². The molecule has 2 aromatic carbocycles. The highest BCUT2D eigenvalue weighted by Crippen LogP contribution is 2.27. The fraction of sp³-hybridized carbons (Fsp3) is 0.312. The maximum Gasteiger partial charge on any atom is 0.412 e. The van der Waals surface area contributed by atoms with Gasteiger partial charge in [0.1, 0.15) is 11.6 Å². The number of rotatable bonds is 13. The second-order valence-corrected chi connectivity index (χ2v) is 10.2. The lowest BCUT2D eigenvalue weighted by Crippen LogP contribution is -2.34. The molecular formula is C32H35N7O6. The molecule has 234 valence electrons. The van der Waals surface area contributed by atoms with Crippen molar-refractivity contribution in [2.24, 2.45) is 7.05 Å². The summed E-state index contributed by atoms with van der Waals surface area (Å²) in [7, 11) is 1.91. The van der Waals surface area contributed by atoms with Crippen molar-refractivity contribution in [3.05, 3.63) is 72.2 Å². The highest BCUT2D eigenvalue weighted by Gasteiger charge is 2.22. The normalized spacial score (nSPS) is 11.0. The van der Waals surface area contributed by atoms with E-state index < -0.39 is 6.09 Å². The number of esters is 1. The number of imidazole rings is 1. The van der Waals surface area contributed by atoms with Crippen LogP contribution in [0.2, 0.25) is 0 Å². The average molecular weight is 614 g/mol. The predicted octanol–water partition coefficient (Wildman–Crippen LogP) is 5.67. The molecule has 0 aliphatic rings. The van der Waals surface area contributed by atoms with Gasteiger partial charge in [-0.15, -0.1) is 0 Å². The molecular weight excluding hydrogens is 578 g/mol. The predicted molar refractivity (Wildman–Crippen MR) is 169 cm³/mol. The van der Waals surface area contributed by atoms with Gasteiger partial charge in [-0.05, 0) is 61.9 Å². The first kappa shape index (κ1) is 31.0. The lowest BCUT2D eigenvalue weighted by molar-refractivity contribution is -0.142. The Morgan fingerprint density at radius 3 is 2.69 bits per heavy atom. The molecule has 2 N–H and O–H groups in total. The van der Waals surface area contributed by atoms with Crippen molar-refractivity contribution in [1.82, 2.24) is 19.7 Å². The van der Waals surface area contributed by atoms with Crippen LogP contribution >= 0.6 is 0 Å². The van der Waals surface area contributed by atoms with Gasteiger partial charge >= 0.3 is 12.1 Å². The van der Waals surface area contributed by atoms with Gasteiger partial charge in [-0.1, -0.05) is 24.6 Å². The molecule has 0 fully saturated rings. The second kappa shape index (κ2) is 14.3. The Kier molecular flexibility index (Phi) is 9.87. The van der Waals surface area contributed by atoms with Gasteiger partial charge in [0.05, 0.1) is 42.6 Å². The minimum Gasteiger partial charge on any atom is -0.466 e. The van der Waals surface area contributed by atoms with E-state index in [0.717, 1.165) is 29.9 Å². The molecule has 45 heavy (non-hydrogen) atoms. The Morgan fingerprint density at radius 2 is 1.91 bits per heavy atom. The number of hydrogen-bond acceptors (Lipinski definition) is 10. The smallest absolute Gasteiger partial charge is 0.412 e. The van der Waals surface area contributed by atoms with Crippen molar-refractivity contribution < 1.29 is 28.4 Å². The molecule has 3 aromatic heterocycles. The van der Waals surface area contributed by atoms with Gasteiger partial charge in [-0.3, -0.25) is 19.8 Å². The number of benzene rings is 2. The molecule has 13 nitrogen and oxygen atoms in total. The molecule has 0 bridgehead atoms. The van der Waals surface area contributed by atoms with Gasteiger partial charge < -0.3 is 23.9 Å². The minimum atomic E-state index is -0.586. The minimum absolute atomic E-state index is 0.0407. The Morgan fingerprint density at radius 1 is 1.04 bits per heavy atom. The number of nitrogens with zero attached hydrogens (tertiary/aromatic N) is 5. The fourth-order valence-electron chi connectivity index (χ4n) is 4.73. The summed E-state index contributed by atoms with van der Waals surface area (Å²) in [5, 5.41) is 10.6. The van der Waals surface area contributed by atoms with Gasteiger partial charge in [0.25, 0.3) is 5.91 Å². The molecule has 13 heteroatoms. The van der Waals surface area contributed by atoms with Crippen LogP contribution < -0.4 is 15.5 Å². The lowest BCUT2D eigenvalue weighted by Gasteiger charge is -2.21. The number of fused-ring (bicyclic) bond motifs is 2. The van der Waals surface area contributed by atoms with E-state index in [1.807, 2.05) is 36.7 Å². The number of nitrogens with one attached hydrogen (secondary N) is 2. The topological polar surface area (TPSA) is 154 Å². The summed E-state index contributed by atoms with van der Waals surface area (Å²) in [5.41, 5.74) is 3.20. The number of pyridine rings is 1. The third-order valence-corrected chi connectivity index (χ3v) is 7.11. The number of unbranched alkanes of at least 4 members (excludes halogenated alkanes) is 1.